The SMILES string of the molecule is c1ccc(-c2cccc(N(c3cccc4c3oc3ccccc34)c3cccc4oc5c6ccccc6ccc5c34)c2)cc1. The number of fused-ring (bicyclic) bond motifs is 8. The molecule has 2 aromatic heterocycles. The van der Waals surface area contributed by atoms with Crippen LogP contribution in [0.4, 0.5) is 17.1 Å². The Labute approximate surface area is 247 Å². The molecule has 0 aliphatic heterocycles. The quantitative estimate of drug-likeness (QED) is 0.218. The van der Waals surface area contributed by atoms with Gasteiger partial charge in [-0.05, 0) is 59.0 Å². The van der Waals surface area contributed by atoms with Gasteiger partial charge in [0.1, 0.15) is 16.7 Å². The average molecular weight is 552 g/mol. The van der Waals surface area contributed by atoms with Crippen molar-refractivity contribution in [2.45, 2.75) is 0 Å². The van der Waals surface area contributed by atoms with E-state index < -0.39 is 0 Å². The van der Waals surface area contributed by atoms with Crippen LogP contribution in [-0.2, 0) is 0 Å². The lowest BCUT2D eigenvalue weighted by Gasteiger charge is -2.26. The second-order valence-corrected chi connectivity index (χ2v) is 10.9. The molecular formula is C40H25NO2. The monoisotopic (exact) mass is 551 g/mol. The van der Waals surface area contributed by atoms with E-state index in [1.807, 2.05) is 12.1 Å². The van der Waals surface area contributed by atoms with Crippen molar-refractivity contribution in [1.29, 1.82) is 0 Å². The number of rotatable bonds is 4. The minimum atomic E-state index is 0.851. The summed E-state index contributed by atoms with van der Waals surface area (Å²) in [7, 11) is 0. The third-order valence-corrected chi connectivity index (χ3v) is 8.44. The van der Waals surface area contributed by atoms with Crippen molar-refractivity contribution in [3.8, 4) is 11.1 Å². The maximum atomic E-state index is 6.61. The van der Waals surface area contributed by atoms with Crippen LogP contribution in [0.5, 0.6) is 0 Å². The van der Waals surface area contributed by atoms with E-state index in [1.54, 1.807) is 0 Å². The van der Waals surface area contributed by atoms with E-state index in [0.717, 1.165) is 77.3 Å². The molecule has 0 radical (unpaired) electrons. The minimum absolute atomic E-state index is 0.851. The minimum Gasteiger partial charge on any atom is -0.455 e. The van der Waals surface area contributed by atoms with Crippen molar-refractivity contribution < 1.29 is 8.83 Å². The maximum absolute atomic E-state index is 6.61. The smallest absolute Gasteiger partial charge is 0.159 e. The van der Waals surface area contributed by atoms with E-state index in [0.29, 0.717) is 0 Å². The third kappa shape index (κ3) is 3.68. The summed E-state index contributed by atoms with van der Waals surface area (Å²) < 4.78 is 13.2. The summed E-state index contributed by atoms with van der Waals surface area (Å²) in [5, 5.41) is 6.63. The number of hydrogen-bond donors (Lipinski definition) is 0. The Hall–Kier alpha value is -5.80. The molecule has 202 valence electrons. The van der Waals surface area contributed by atoms with E-state index in [4.69, 9.17) is 8.83 Å². The molecule has 3 nitrogen and oxygen atoms in total. The van der Waals surface area contributed by atoms with Gasteiger partial charge in [-0.2, -0.15) is 0 Å². The first-order valence-electron chi connectivity index (χ1n) is 14.5. The average Bonchev–Trinajstić information content (AvgIpc) is 3.65. The Morgan fingerprint density at radius 3 is 2.00 bits per heavy atom. The van der Waals surface area contributed by atoms with Crippen LogP contribution < -0.4 is 4.90 Å². The van der Waals surface area contributed by atoms with E-state index in [1.165, 1.54) is 5.56 Å². The molecule has 43 heavy (non-hydrogen) atoms. The van der Waals surface area contributed by atoms with E-state index >= 15 is 0 Å². The third-order valence-electron chi connectivity index (χ3n) is 8.44. The van der Waals surface area contributed by atoms with Crippen molar-refractivity contribution in [2.75, 3.05) is 4.90 Å². The summed E-state index contributed by atoms with van der Waals surface area (Å²) in [5.74, 6) is 0. The summed E-state index contributed by atoms with van der Waals surface area (Å²) >= 11 is 0. The molecule has 0 aliphatic rings. The molecule has 0 spiro atoms. The van der Waals surface area contributed by atoms with Crippen LogP contribution >= 0.6 is 0 Å². The molecule has 0 aliphatic carbocycles. The van der Waals surface area contributed by atoms with Gasteiger partial charge < -0.3 is 13.7 Å². The normalized spacial score (nSPS) is 11.7. The zero-order chi connectivity index (χ0) is 28.3. The molecule has 2 heterocycles. The summed E-state index contributed by atoms with van der Waals surface area (Å²) in [4.78, 5) is 2.32. The number of para-hydroxylation sites is 2. The van der Waals surface area contributed by atoms with Gasteiger partial charge in [0.25, 0.3) is 0 Å². The lowest BCUT2D eigenvalue weighted by Crippen LogP contribution is -2.10. The van der Waals surface area contributed by atoms with Crippen molar-refractivity contribution in [1.82, 2.24) is 0 Å². The molecule has 0 saturated carbocycles. The highest BCUT2D eigenvalue weighted by Crippen LogP contribution is 2.47. The van der Waals surface area contributed by atoms with Gasteiger partial charge in [0.2, 0.25) is 0 Å². The summed E-state index contributed by atoms with van der Waals surface area (Å²) in [5.41, 5.74) is 8.85. The first kappa shape index (κ1) is 23.9. The van der Waals surface area contributed by atoms with Crippen LogP contribution in [0.15, 0.2) is 160 Å². The Morgan fingerprint density at radius 1 is 0.395 bits per heavy atom. The first-order valence-corrected chi connectivity index (χ1v) is 14.5. The van der Waals surface area contributed by atoms with Crippen LogP contribution in [0.1, 0.15) is 0 Å². The fourth-order valence-corrected chi connectivity index (χ4v) is 6.49. The van der Waals surface area contributed by atoms with Crippen LogP contribution in [0.25, 0.3) is 65.8 Å². The highest BCUT2D eigenvalue weighted by Gasteiger charge is 2.23. The van der Waals surface area contributed by atoms with Gasteiger partial charge in [-0.3, -0.25) is 0 Å². The first-order chi connectivity index (χ1) is 21.3. The highest BCUT2D eigenvalue weighted by molar-refractivity contribution is 6.20. The molecule has 3 heteroatoms. The summed E-state index contributed by atoms with van der Waals surface area (Å²) in [6.07, 6.45) is 0. The number of anilines is 3. The maximum Gasteiger partial charge on any atom is 0.159 e. The summed E-state index contributed by atoms with van der Waals surface area (Å²) in [6.45, 7) is 0. The van der Waals surface area contributed by atoms with E-state index in [-0.39, 0.29) is 0 Å². The number of furan rings is 2. The lowest BCUT2D eigenvalue weighted by molar-refractivity contribution is 0.669. The van der Waals surface area contributed by atoms with Crippen LogP contribution in [-0.4, -0.2) is 0 Å². The van der Waals surface area contributed by atoms with Gasteiger partial charge in [0, 0.05) is 27.2 Å². The Balaban J connectivity index is 1.38. The number of benzene rings is 7. The lowest BCUT2D eigenvalue weighted by atomic mass is 10.0. The van der Waals surface area contributed by atoms with Crippen LogP contribution in [0.3, 0.4) is 0 Å². The predicted molar refractivity (Wildman–Crippen MR) is 179 cm³/mol. The molecule has 0 fully saturated rings. The van der Waals surface area contributed by atoms with Gasteiger partial charge in [-0.1, -0.05) is 109 Å². The molecule has 9 aromatic rings. The second-order valence-electron chi connectivity index (χ2n) is 10.9. The Bertz CT molecular complexity index is 2470. The number of nitrogens with zero attached hydrogens (tertiary/aromatic N) is 1. The molecular weight excluding hydrogens is 526 g/mol. The van der Waals surface area contributed by atoms with E-state index in [2.05, 4.69) is 144 Å². The molecule has 0 amide bonds. The molecule has 0 unspecified atom stereocenters. The fourth-order valence-electron chi connectivity index (χ4n) is 6.49. The van der Waals surface area contributed by atoms with Crippen molar-refractivity contribution in [3.63, 3.8) is 0 Å². The van der Waals surface area contributed by atoms with Gasteiger partial charge >= 0.3 is 0 Å². The second kappa shape index (κ2) is 9.37. The van der Waals surface area contributed by atoms with Gasteiger partial charge in [-0.15, -0.1) is 0 Å². The van der Waals surface area contributed by atoms with E-state index in [9.17, 15) is 0 Å². The predicted octanol–water partition coefficient (Wildman–Crippen LogP) is 11.8. The van der Waals surface area contributed by atoms with Crippen LogP contribution in [0.2, 0.25) is 0 Å². The molecule has 7 aromatic carbocycles. The van der Waals surface area contributed by atoms with Crippen LogP contribution in [0, 0.1) is 0 Å². The Kier molecular flexibility index (Phi) is 5.20. The molecule has 0 bridgehead atoms. The summed E-state index contributed by atoms with van der Waals surface area (Å²) in [6, 6.07) is 53.0. The van der Waals surface area contributed by atoms with Crippen molar-refractivity contribution in [3.05, 3.63) is 152 Å². The number of hydrogen-bond acceptors (Lipinski definition) is 3. The van der Waals surface area contributed by atoms with Gasteiger partial charge in [0.05, 0.1) is 16.8 Å². The highest BCUT2D eigenvalue weighted by atomic mass is 16.3. The zero-order valence-corrected chi connectivity index (χ0v) is 23.2. The Morgan fingerprint density at radius 2 is 1.07 bits per heavy atom. The topological polar surface area (TPSA) is 29.5 Å². The molecule has 0 N–H and O–H groups in total. The molecule has 0 saturated heterocycles. The van der Waals surface area contributed by atoms with Crippen molar-refractivity contribution in [2.24, 2.45) is 0 Å². The van der Waals surface area contributed by atoms with Gasteiger partial charge in [-0.25, -0.2) is 0 Å². The largest absolute Gasteiger partial charge is 0.455 e. The fraction of sp³-hybridized carbons (Fsp3) is 0. The molecule has 9 rings (SSSR count). The molecule has 0 atom stereocenters. The van der Waals surface area contributed by atoms with Gasteiger partial charge in [0.15, 0.2) is 5.58 Å². The standard InChI is InChI=1S/C40H25NO2/c1-2-11-26(12-3-1)28-14-8-15-29(25-28)41(35-20-9-18-32-31-17-6-7-21-36(31)42-40(32)35)34-19-10-22-37-38(34)33-24-23-27-13-4-5-16-30(27)39(33)43-37/h1-25H. The zero-order valence-electron chi connectivity index (χ0n) is 23.2. The van der Waals surface area contributed by atoms with Crippen molar-refractivity contribution >= 4 is 71.7 Å².